The Hall–Kier alpha value is -6.04. The van der Waals surface area contributed by atoms with Crippen molar-refractivity contribution < 1.29 is 0 Å². The molecule has 0 aliphatic rings. The second-order valence-electron chi connectivity index (χ2n) is 11.5. The molecule has 2 heterocycles. The first-order valence-electron chi connectivity index (χ1n) is 15.6. The van der Waals surface area contributed by atoms with Crippen LogP contribution >= 0.6 is 11.3 Å². The van der Waals surface area contributed by atoms with Crippen molar-refractivity contribution in [2.45, 2.75) is 0 Å². The number of hydrogen-bond acceptors (Lipinski definition) is 5. The van der Waals surface area contributed by atoms with Gasteiger partial charge >= 0.3 is 0 Å². The summed E-state index contributed by atoms with van der Waals surface area (Å²) < 4.78 is 1.20. The van der Waals surface area contributed by atoms with Crippen LogP contribution in [-0.4, -0.2) is 19.9 Å². The minimum Gasteiger partial charge on any atom is -0.236 e. The van der Waals surface area contributed by atoms with Gasteiger partial charge in [-0.05, 0) is 45.5 Å². The van der Waals surface area contributed by atoms with Crippen LogP contribution < -0.4 is 0 Å². The van der Waals surface area contributed by atoms with Gasteiger partial charge in [0.1, 0.15) is 5.01 Å². The van der Waals surface area contributed by atoms with E-state index in [4.69, 9.17) is 19.9 Å². The van der Waals surface area contributed by atoms with Gasteiger partial charge in [-0.25, -0.2) is 19.9 Å². The quantitative estimate of drug-likeness (QED) is 0.193. The molecule has 0 spiro atoms. The zero-order valence-corrected chi connectivity index (χ0v) is 26.0. The predicted octanol–water partition coefficient (Wildman–Crippen LogP) is 11.1. The molecule has 0 bridgehead atoms. The number of nitrogens with zero attached hydrogens (tertiary/aromatic N) is 4. The van der Waals surface area contributed by atoms with E-state index in [1.54, 1.807) is 11.3 Å². The highest BCUT2D eigenvalue weighted by atomic mass is 32.1. The lowest BCUT2D eigenvalue weighted by Crippen LogP contribution is -2.00. The van der Waals surface area contributed by atoms with E-state index < -0.39 is 0 Å². The maximum absolute atomic E-state index is 5.03. The molecule has 9 aromatic rings. The summed E-state index contributed by atoms with van der Waals surface area (Å²) in [6.45, 7) is 0. The second-order valence-corrected chi connectivity index (χ2v) is 12.5. The van der Waals surface area contributed by atoms with Crippen molar-refractivity contribution in [3.05, 3.63) is 158 Å². The molecule has 220 valence electrons. The number of thiazole rings is 1. The van der Waals surface area contributed by atoms with Gasteiger partial charge in [0.2, 0.25) is 0 Å². The smallest absolute Gasteiger partial charge is 0.164 e. The summed E-state index contributed by atoms with van der Waals surface area (Å²) in [6.07, 6.45) is 0. The Kier molecular flexibility index (Phi) is 6.61. The molecular weight excluding hydrogens is 593 g/mol. The van der Waals surface area contributed by atoms with Gasteiger partial charge in [-0.2, -0.15) is 0 Å². The topological polar surface area (TPSA) is 51.6 Å². The van der Waals surface area contributed by atoms with E-state index in [1.807, 2.05) is 66.7 Å². The molecule has 2 aromatic heterocycles. The lowest BCUT2D eigenvalue weighted by atomic mass is 9.93. The number of rotatable bonds is 5. The summed E-state index contributed by atoms with van der Waals surface area (Å²) in [5.41, 5.74) is 7.37. The maximum atomic E-state index is 5.03. The summed E-state index contributed by atoms with van der Waals surface area (Å²) in [5, 5.41) is 5.70. The van der Waals surface area contributed by atoms with Gasteiger partial charge in [0, 0.05) is 27.6 Å². The highest BCUT2D eigenvalue weighted by molar-refractivity contribution is 7.22. The van der Waals surface area contributed by atoms with Gasteiger partial charge in [0.05, 0.1) is 10.2 Å². The summed E-state index contributed by atoms with van der Waals surface area (Å²) in [7, 11) is 0. The lowest BCUT2D eigenvalue weighted by molar-refractivity contribution is 1.08. The molecule has 0 saturated heterocycles. The normalized spacial score (nSPS) is 11.4. The summed E-state index contributed by atoms with van der Waals surface area (Å²) in [6, 6.07) is 54.6. The third kappa shape index (κ3) is 4.94. The van der Waals surface area contributed by atoms with Gasteiger partial charge in [-0.1, -0.05) is 140 Å². The molecule has 7 aromatic carbocycles. The summed E-state index contributed by atoms with van der Waals surface area (Å²) >= 11 is 1.75. The van der Waals surface area contributed by atoms with Gasteiger partial charge < -0.3 is 0 Å². The van der Waals surface area contributed by atoms with Crippen LogP contribution in [0.5, 0.6) is 0 Å². The Bertz CT molecular complexity index is 2500. The zero-order valence-electron chi connectivity index (χ0n) is 25.2. The Morgan fingerprint density at radius 2 is 0.894 bits per heavy atom. The average molecular weight is 619 g/mol. The fraction of sp³-hybridized carbons (Fsp3) is 0. The SMILES string of the molecule is c1ccc(-c2nc(-c3ccccc3)nc(-c3ccc(-c4ccc5ccc6nc(-c7ccccc7)sc6c5c4)c4ccccc34)n2)cc1. The van der Waals surface area contributed by atoms with Gasteiger partial charge in [-0.3, -0.25) is 0 Å². The molecular formula is C42H26N4S. The van der Waals surface area contributed by atoms with Crippen molar-refractivity contribution in [2.75, 3.05) is 0 Å². The molecule has 0 amide bonds. The van der Waals surface area contributed by atoms with E-state index in [2.05, 4.69) is 91.0 Å². The van der Waals surface area contributed by atoms with Crippen LogP contribution in [0.4, 0.5) is 0 Å². The van der Waals surface area contributed by atoms with Crippen molar-refractivity contribution in [3.63, 3.8) is 0 Å². The lowest BCUT2D eigenvalue weighted by Gasteiger charge is -2.13. The number of fused-ring (bicyclic) bond motifs is 4. The zero-order chi connectivity index (χ0) is 31.2. The van der Waals surface area contributed by atoms with E-state index in [1.165, 1.54) is 15.5 Å². The minimum atomic E-state index is 0.652. The van der Waals surface area contributed by atoms with Crippen molar-refractivity contribution in [1.82, 2.24) is 19.9 Å². The highest BCUT2D eigenvalue weighted by Crippen LogP contribution is 2.40. The summed E-state index contributed by atoms with van der Waals surface area (Å²) in [4.78, 5) is 19.9. The molecule has 0 unspecified atom stereocenters. The number of hydrogen-bond donors (Lipinski definition) is 0. The molecule has 0 N–H and O–H groups in total. The third-order valence-electron chi connectivity index (χ3n) is 8.57. The fourth-order valence-corrected chi connectivity index (χ4v) is 7.35. The Balaban J connectivity index is 1.21. The van der Waals surface area contributed by atoms with Crippen LogP contribution in [0.15, 0.2) is 158 Å². The summed E-state index contributed by atoms with van der Waals surface area (Å²) in [5.74, 6) is 1.96. The van der Waals surface area contributed by atoms with Crippen molar-refractivity contribution in [3.8, 4) is 55.9 Å². The van der Waals surface area contributed by atoms with E-state index in [0.717, 1.165) is 54.7 Å². The maximum Gasteiger partial charge on any atom is 0.164 e. The van der Waals surface area contributed by atoms with Gasteiger partial charge in [0.25, 0.3) is 0 Å². The second kappa shape index (κ2) is 11.4. The van der Waals surface area contributed by atoms with Crippen LogP contribution in [0, 0.1) is 0 Å². The van der Waals surface area contributed by atoms with Crippen LogP contribution in [0.25, 0.3) is 87.6 Å². The molecule has 0 radical (unpaired) electrons. The molecule has 0 atom stereocenters. The first-order valence-corrected chi connectivity index (χ1v) is 16.4. The molecule has 0 fully saturated rings. The average Bonchev–Trinajstić information content (AvgIpc) is 3.60. The van der Waals surface area contributed by atoms with E-state index in [9.17, 15) is 0 Å². The minimum absolute atomic E-state index is 0.652. The molecule has 4 nitrogen and oxygen atoms in total. The molecule has 47 heavy (non-hydrogen) atoms. The third-order valence-corrected chi connectivity index (χ3v) is 9.72. The van der Waals surface area contributed by atoms with Crippen LogP contribution in [0.3, 0.4) is 0 Å². The molecule has 0 aliphatic carbocycles. The monoisotopic (exact) mass is 618 g/mol. The van der Waals surface area contributed by atoms with Crippen LogP contribution in [0.2, 0.25) is 0 Å². The molecule has 0 saturated carbocycles. The first kappa shape index (κ1) is 27.3. The van der Waals surface area contributed by atoms with Crippen molar-refractivity contribution in [1.29, 1.82) is 0 Å². The van der Waals surface area contributed by atoms with E-state index >= 15 is 0 Å². The highest BCUT2D eigenvalue weighted by Gasteiger charge is 2.17. The molecule has 9 rings (SSSR count). The molecule has 5 heteroatoms. The predicted molar refractivity (Wildman–Crippen MR) is 195 cm³/mol. The fourth-order valence-electron chi connectivity index (χ4n) is 6.25. The Morgan fingerprint density at radius 1 is 0.362 bits per heavy atom. The number of aromatic nitrogens is 4. The first-order chi connectivity index (χ1) is 23.3. The Labute approximate surface area is 275 Å². The molecule has 0 aliphatic heterocycles. The van der Waals surface area contributed by atoms with Crippen molar-refractivity contribution >= 4 is 43.1 Å². The van der Waals surface area contributed by atoms with Crippen LogP contribution in [0.1, 0.15) is 0 Å². The van der Waals surface area contributed by atoms with Crippen molar-refractivity contribution in [2.24, 2.45) is 0 Å². The number of benzene rings is 7. The Morgan fingerprint density at radius 3 is 1.55 bits per heavy atom. The largest absolute Gasteiger partial charge is 0.236 e. The van der Waals surface area contributed by atoms with E-state index in [-0.39, 0.29) is 0 Å². The van der Waals surface area contributed by atoms with E-state index in [0.29, 0.717) is 17.5 Å². The standard InChI is InChI=1S/C42H26N4S/c1-4-12-28(13-5-1)39-44-40(29-14-6-2-7-15-29)46-41(45-39)35-24-23-32(33-18-10-11-19-34(33)35)31-21-20-27-22-25-37-38(36(27)26-31)47-42(43-37)30-16-8-3-9-17-30/h1-26H. The van der Waals surface area contributed by atoms with Gasteiger partial charge in [-0.15, -0.1) is 11.3 Å². The van der Waals surface area contributed by atoms with Gasteiger partial charge in [0.15, 0.2) is 17.5 Å². The van der Waals surface area contributed by atoms with Crippen LogP contribution in [-0.2, 0) is 0 Å².